The monoisotopic (exact) mass is 164 g/mol. The lowest BCUT2D eigenvalue weighted by Crippen LogP contribution is -2.29. The Kier molecular flexibility index (Phi) is 3.61. The zero-order valence-electron chi connectivity index (χ0n) is 7.34. The van der Waals surface area contributed by atoms with Crippen LogP contribution >= 0.6 is 0 Å². The molecule has 0 spiro atoms. The number of allylic oxidation sites excluding steroid dienone is 3. The normalized spacial score (nSPS) is 22.8. The molecular formula is C10H16N2. The highest BCUT2D eigenvalue weighted by molar-refractivity contribution is 5.17. The van der Waals surface area contributed by atoms with Crippen molar-refractivity contribution >= 4 is 0 Å². The maximum atomic E-state index is 3.88. The lowest BCUT2D eigenvalue weighted by Gasteiger charge is -2.11. The van der Waals surface area contributed by atoms with Gasteiger partial charge < -0.3 is 10.6 Å². The summed E-state index contributed by atoms with van der Waals surface area (Å²) in [6, 6.07) is 0.548. The van der Waals surface area contributed by atoms with Crippen LogP contribution in [0, 0.1) is 0 Å². The summed E-state index contributed by atoms with van der Waals surface area (Å²) in [6.45, 7) is 9.63. The third-order valence-electron chi connectivity index (χ3n) is 1.88. The van der Waals surface area contributed by atoms with Gasteiger partial charge in [0.25, 0.3) is 0 Å². The number of rotatable bonds is 4. The molecule has 1 saturated heterocycles. The average Bonchev–Trinajstić information content (AvgIpc) is 2.53. The van der Waals surface area contributed by atoms with Crippen molar-refractivity contribution in [2.75, 3.05) is 13.1 Å². The quantitative estimate of drug-likeness (QED) is 0.610. The molecule has 0 radical (unpaired) electrons. The minimum atomic E-state index is 0.548. The van der Waals surface area contributed by atoms with Gasteiger partial charge in [0.2, 0.25) is 0 Å². The van der Waals surface area contributed by atoms with E-state index in [0.717, 1.165) is 18.8 Å². The van der Waals surface area contributed by atoms with Crippen LogP contribution in [0.5, 0.6) is 0 Å². The SMILES string of the molecule is C=C/C=C\C(=C)NC1CCNC1. The first-order valence-corrected chi connectivity index (χ1v) is 4.28. The van der Waals surface area contributed by atoms with Crippen LogP contribution in [-0.4, -0.2) is 19.1 Å². The van der Waals surface area contributed by atoms with Gasteiger partial charge in [-0.15, -0.1) is 0 Å². The van der Waals surface area contributed by atoms with Crippen molar-refractivity contribution in [1.82, 2.24) is 10.6 Å². The van der Waals surface area contributed by atoms with Crippen LogP contribution in [0.2, 0.25) is 0 Å². The minimum absolute atomic E-state index is 0.548. The molecule has 0 aliphatic carbocycles. The van der Waals surface area contributed by atoms with Gasteiger partial charge in [0.05, 0.1) is 0 Å². The Balaban J connectivity index is 2.25. The average molecular weight is 164 g/mol. The van der Waals surface area contributed by atoms with Crippen molar-refractivity contribution in [3.8, 4) is 0 Å². The van der Waals surface area contributed by atoms with Crippen molar-refractivity contribution < 1.29 is 0 Å². The summed E-state index contributed by atoms with van der Waals surface area (Å²) in [7, 11) is 0. The third-order valence-corrected chi connectivity index (χ3v) is 1.88. The molecule has 1 atom stereocenters. The number of hydrogen-bond acceptors (Lipinski definition) is 2. The van der Waals surface area contributed by atoms with E-state index < -0.39 is 0 Å². The van der Waals surface area contributed by atoms with Crippen molar-refractivity contribution in [2.45, 2.75) is 12.5 Å². The van der Waals surface area contributed by atoms with Gasteiger partial charge in [-0.1, -0.05) is 25.3 Å². The molecule has 1 heterocycles. The molecule has 0 aromatic heterocycles. The summed E-state index contributed by atoms with van der Waals surface area (Å²) in [6.07, 6.45) is 6.75. The highest BCUT2D eigenvalue weighted by Crippen LogP contribution is 2.00. The fourth-order valence-corrected chi connectivity index (χ4v) is 1.27. The lowest BCUT2D eigenvalue weighted by atomic mass is 10.2. The van der Waals surface area contributed by atoms with Gasteiger partial charge in [-0.3, -0.25) is 0 Å². The summed E-state index contributed by atoms with van der Waals surface area (Å²) in [5.41, 5.74) is 0.962. The van der Waals surface area contributed by atoms with Gasteiger partial charge in [-0.2, -0.15) is 0 Å². The highest BCUT2D eigenvalue weighted by Gasteiger charge is 2.12. The standard InChI is InChI=1S/C10H16N2/c1-3-4-5-9(2)12-10-6-7-11-8-10/h3-5,10-12H,1-2,6-8H2/b5-4-. The molecule has 1 fully saturated rings. The van der Waals surface area contributed by atoms with Crippen molar-refractivity contribution in [3.05, 3.63) is 37.1 Å². The molecule has 0 saturated carbocycles. The Hall–Kier alpha value is -1.02. The van der Waals surface area contributed by atoms with Crippen LogP contribution in [0.1, 0.15) is 6.42 Å². The van der Waals surface area contributed by atoms with E-state index in [1.807, 2.05) is 12.2 Å². The molecule has 12 heavy (non-hydrogen) atoms. The molecule has 0 amide bonds. The zero-order valence-corrected chi connectivity index (χ0v) is 7.34. The Bertz CT molecular complexity index is 188. The van der Waals surface area contributed by atoms with Gasteiger partial charge in [-0.25, -0.2) is 0 Å². The Morgan fingerprint density at radius 2 is 2.42 bits per heavy atom. The fraction of sp³-hybridized carbons (Fsp3) is 0.400. The van der Waals surface area contributed by atoms with E-state index in [9.17, 15) is 0 Å². The van der Waals surface area contributed by atoms with E-state index in [0.29, 0.717) is 6.04 Å². The summed E-state index contributed by atoms with van der Waals surface area (Å²) < 4.78 is 0. The molecule has 0 aromatic carbocycles. The van der Waals surface area contributed by atoms with E-state index in [4.69, 9.17) is 0 Å². The Labute approximate surface area is 74.0 Å². The molecule has 2 N–H and O–H groups in total. The molecule has 2 heteroatoms. The molecule has 1 rings (SSSR count). The van der Waals surface area contributed by atoms with Crippen LogP contribution in [0.4, 0.5) is 0 Å². The summed E-state index contributed by atoms with van der Waals surface area (Å²) in [4.78, 5) is 0. The van der Waals surface area contributed by atoms with Crippen molar-refractivity contribution in [2.24, 2.45) is 0 Å². The molecule has 0 bridgehead atoms. The van der Waals surface area contributed by atoms with Crippen molar-refractivity contribution in [3.63, 3.8) is 0 Å². The van der Waals surface area contributed by atoms with Crippen LogP contribution in [0.25, 0.3) is 0 Å². The second-order valence-electron chi connectivity index (χ2n) is 2.95. The maximum Gasteiger partial charge on any atom is 0.0397 e. The van der Waals surface area contributed by atoms with E-state index >= 15 is 0 Å². The minimum Gasteiger partial charge on any atom is -0.381 e. The van der Waals surface area contributed by atoms with Crippen LogP contribution in [0.15, 0.2) is 37.1 Å². The molecule has 66 valence electrons. The molecular weight excluding hydrogens is 148 g/mol. The van der Waals surface area contributed by atoms with Crippen LogP contribution in [-0.2, 0) is 0 Å². The Morgan fingerprint density at radius 1 is 1.58 bits per heavy atom. The van der Waals surface area contributed by atoms with Crippen LogP contribution in [0.3, 0.4) is 0 Å². The van der Waals surface area contributed by atoms with E-state index in [2.05, 4.69) is 23.8 Å². The second-order valence-corrected chi connectivity index (χ2v) is 2.95. The molecule has 1 aliphatic heterocycles. The van der Waals surface area contributed by atoms with Gasteiger partial charge in [0.15, 0.2) is 0 Å². The first kappa shape index (κ1) is 9.07. The van der Waals surface area contributed by atoms with Crippen LogP contribution < -0.4 is 10.6 Å². The molecule has 1 aliphatic rings. The largest absolute Gasteiger partial charge is 0.381 e. The summed E-state index contributed by atoms with van der Waals surface area (Å²) in [5, 5.41) is 6.61. The predicted octanol–water partition coefficient (Wildman–Crippen LogP) is 1.19. The topological polar surface area (TPSA) is 24.1 Å². The fourth-order valence-electron chi connectivity index (χ4n) is 1.27. The van der Waals surface area contributed by atoms with E-state index in [-0.39, 0.29) is 0 Å². The molecule has 0 aromatic rings. The number of hydrogen-bond donors (Lipinski definition) is 2. The summed E-state index contributed by atoms with van der Waals surface area (Å²) in [5.74, 6) is 0. The van der Waals surface area contributed by atoms with E-state index in [1.54, 1.807) is 6.08 Å². The Morgan fingerprint density at radius 3 is 3.00 bits per heavy atom. The smallest absolute Gasteiger partial charge is 0.0397 e. The highest BCUT2D eigenvalue weighted by atomic mass is 15.0. The molecule has 1 unspecified atom stereocenters. The lowest BCUT2D eigenvalue weighted by molar-refractivity contribution is 0.624. The van der Waals surface area contributed by atoms with Gasteiger partial charge >= 0.3 is 0 Å². The van der Waals surface area contributed by atoms with Crippen molar-refractivity contribution in [1.29, 1.82) is 0 Å². The second kappa shape index (κ2) is 4.78. The maximum absolute atomic E-state index is 3.88. The first-order chi connectivity index (χ1) is 5.83. The first-order valence-electron chi connectivity index (χ1n) is 4.28. The number of nitrogens with one attached hydrogen (secondary N) is 2. The van der Waals surface area contributed by atoms with Gasteiger partial charge in [0, 0.05) is 18.3 Å². The predicted molar refractivity (Wildman–Crippen MR) is 52.9 cm³/mol. The van der Waals surface area contributed by atoms with Gasteiger partial charge in [0.1, 0.15) is 0 Å². The summed E-state index contributed by atoms with van der Waals surface area (Å²) >= 11 is 0. The van der Waals surface area contributed by atoms with Gasteiger partial charge in [-0.05, 0) is 19.0 Å². The third kappa shape index (κ3) is 2.93. The molecule has 2 nitrogen and oxygen atoms in total. The van der Waals surface area contributed by atoms with E-state index in [1.165, 1.54) is 6.42 Å². The zero-order chi connectivity index (χ0) is 8.81.